The van der Waals surface area contributed by atoms with Gasteiger partial charge in [-0.25, -0.2) is 4.98 Å². The summed E-state index contributed by atoms with van der Waals surface area (Å²) >= 11 is 1.25. The fourth-order valence-electron chi connectivity index (χ4n) is 2.73. The van der Waals surface area contributed by atoms with Crippen LogP contribution in [-0.2, 0) is 6.54 Å². The molecule has 0 amide bonds. The molecule has 3 rings (SSSR count). The SMILES string of the molecule is Cc1ncn(CC2CCN(c3cnsn3)CC2)c(=O)c1C. The predicted octanol–water partition coefficient (Wildman–Crippen LogP) is 1.63. The third-order valence-electron chi connectivity index (χ3n) is 4.26. The summed E-state index contributed by atoms with van der Waals surface area (Å²) in [5.74, 6) is 1.50. The molecule has 2 aromatic rings. The van der Waals surface area contributed by atoms with Crippen molar-refractivity contribution in [2.24, 2.45) is 5.92 Å². The van der Waals surface area contributed by atoms with Gasteiger partial charge in [0, 0.05) is 30.9 Å². The summed E-state index contributed by atoms with van der Waals surface area (Å²) in [4.78, 5) is 18.8. The molecular formula is C14H19N5OS. The average Bonchev–Trinajstić information content (AvgIpc) is 3.03. The van der Waals surface area contributed by atoms with E-state index in [4.69, 9.17) is 0 Å². The second-order valence-electron chi connectivity index (χ2n) is 5.61. The first-order valence-electron chi connectivity index (χ1n) is 7.20. The van der Waals surface area contributed by atoms with Gasteiger partial charge in [0.05, 0.1) is 24.3 Å². The zero-order valence-electron chi connectivity index (χ0n) is 12.3. The highest BCUT2D eigenvalue weighted by molar-refractivity contribution is 6.99. The lowest BCUT2D eigenvalue weighted by molar-refractivity contribution is 0.349. The largest absolute Gasteiger partial charge is 0.354 e. The van der Waals surface area contributed by atoms with E-state index in [9.17, 15) is 4.79 Å². The van der Waals surface area contributed by atoms with Gasteiger partial charge in [-0.2, -0.15) is 8.75 Å². The molecule has 0 bridgehead atoms. The summed E-state index contributed by atoms with van der Waals surface area (Å²) in [6.45, 7) is 6.43. The Morgan fingerprint density at radius 1 is 1.33 bits per heavy atom. The molecular weight excluding hydrogens is 286 g/mol. The van der Waals surface area contributed by atoms with Crippen molar-refractivity contribution in [1.29, 1.82) is 0 Å². The maximum Gasteiger partial charge on any atom is 0.256 e. The van der Waals surface area contributed by atoms with Crippen molar-refractivity contribution < 1.29 is 0 Å². The fourth-order valence-corrected chi connectivity index (χ4v) is 3.16. The number of hydrogen-bond acceptors (Lipinski definition) is 6. The number of rotatable bonds is 3. The molecule has 1 aliphatic heterocycles. The zero-order chi connectivity index (χ0) is 14.8. The van der Waals surface area contributed by atoms with Gasteiger partial charge in [0.2, 0.25) is 0 Å². The Labute approximate surface area is 127 Å². The maximum atomic E-state index is 12.2. The fraction of sp³-hybridized carbons (Fsp3) is 0.571. The quantitative estimate of drug-likeness (QED) is 0.862. The molecule has 1 aliphatic rings. The van der Waals surface area contributed by atoms with Crippen LogP contribution in [0.4, 0.5) is 5.82 Å². The number of anilines is 1. The highest BCUT2D eigenvalue weighted by atomic mass is 32.1. The van der Waals surface area contributed by atoms with Gasteiger partial charge in [-0.05, 0) is 32.6 Å². The number of hydrogen-bond donors (Lipinski definition) is 0. The molecule has 1 saturated heterocycles. The van der Waals surface area contributed by atoms with Crippen LogP contribution in [0.15, 0.2) is 17.3 Å². The molecule has 0 aromatic carbocycles. The van der Waals surface area contributed by atoms with Gasteiger partial charge in [0.25, 0.3) is 5.56 Å². The zero-order valence-corrected chi connectivity index (χ0v) is 13.1. The highest BCUT2D eigenvalue weighted by Crippen LogP contribution is 2.22. The van der Waals surface area contributed by atoms with Gasteiger partial charge < -0.3 is 4.90 Å². The van der Waals surface area contributed by atoms with Crippen LogP contribution in [0.5, 0.6) is 0 Å². The summed E-state index contributed by atoms with van der Waals surface area (Å²) in [7, 11) is 0. The minimum absolute atomic E-state index is 0.0913. The van der Waals surface area contributed by atoms with Crippen LogP contribution in [0.25, 0.3) is 0 Å². The molecule has 0 atom stereocenters. The second-order valence-corrected chi connectivity index (χ2v) is 6.17. The third-order valence-corrected chi connectivity index (χ3v) is 4.73. The molecule has 2 aromatic heterocycles. The average molecular weight is 305 g/mol. The molecule has 3 heterocycles. The molecule has 1 fully saturated rings. The summed E-state index contributed by atoms with van der Waals surface area (Å²) in [5, 5.41) is 0. The third kappa shape index (κ3) is 2.97. The van der Waals surface area contributed by atoms with Crippen molar-refractivity contribution in [3.63, 3.8) is 0 Å². The Balaban J connectivity index is 1.63. The monoisotopic (exact) mass is 305 g/mol. The molecule has 0 aliphatic carbocycles. The van der Waals surface area contributed by atoms with Gasteiger partial charge in [0.15, 0.2) is 5.82 Å². The first-order chi connectivity index (χ1) is 10.1. The number of piperidine rings is 1. The Bertz CT molecular complexity index is 658. The Hall–Kier alpha value is -1.76. The van der Waals surface area contributed by atoms with Crippen LogP contribution in [-0.4, -0.2) is 31.4 Å². The van der Waals surface area contributed by atoms with E-state index in [1.807, 2.05) is 20.0 Å². The Morgan fingerprint density at radius 3 is 2.76 bits per heavy atom. The molecule has 0 radical (unpaired) electrons. The number of aromatic nitrogens is 4. The van der Waals surface area contributed by atoms with E-state index in [0.29, 0.717) is 5.92 Å². The summed E-state index contributed by atoms with van der Waals surface area (Å²) in [6, 6.07) is 0. The second kappa shape index (κ2) is 5.93. The molecule has 7 heteroatoms. The van der Waals surface area contributed by atoms with Crippen LogP contribution in [0.2, 0.25) is 0 Å². The standard InChI is InChI=1S/C14H19N5OS/c1-10-11(2)15-9-19(14(10)20)8-12-3-5-18(6-4-12)13-7-16-21-17-13/h7,9,12H,3-6,8H2,1-2H3. The van der Waals surface area contributed by atoms with Crippen molar-refractivity contribution in [2.45, 2.75) is 33.2 Å². The van der Waals surface area contributed by atoms with Crippen molar-refractivity contribution in [3.05, 3.63) is 34.1 Å². The minimum Gasteiger partial charge on any atom is -0.354 e. The van der Waals surface area contributed by atoms with Crippen LogP contribution < -0.4 is 10.5 Å². The lowest BCUT2D eigenvalue weighted by Crippen LogP contribution is -2.36. The molecule has 21 heavy (non-hydrogen) atoms. The molecule has 0 saturated carbocycles. The van der Waals surface area contributed by atoms with Gasteiger partial charge in [-0.1, -0.05) is 0 Å². The van der Waals surface area contributed by atoms with Crippen LogP contribution >= 0.6 is 11.7 Å². The molecule has 0 unspecified atom stereocenters. The van der Waals surface area contributed by atoms with Crippen molar-refractivity contribution in [1.82, 2.24) is 18.3 Å². The van der Waals surface area contributed by atoms with Gasteiger partial charge >= 0.3 is 0 Å². The van der Waals surface area contributed by atoms with E-state index in [1.54, 1.807) is 10.9 Å². The first kappa shape index (κ1) is 14.2. The molecule has 6 nitrogen and oxygen atoms in total. The summed E-state index contributed by atoms with van der Waals surface area (Å²) in [6.07, 6.45) is 5.64. The number of aryl methyl sites for hydroxylation is 1. The predicted molar refractivity (Wildman–Crippen MR) is 82.8 cm³/mol. The van der Waals surface area contributed by atoms with Gasteiger partial charge in [-0.3, -0.25) is 9.36 Å². The van der Waals surface area contributed by atoms with E-state index in [1.165, 1.54) is 11.7 Å². The molecule has 0 spiro atoms. The van der Waals surface area contributed by atoms with Crippen molar-refractivity contribution in [2.75, 3.05) is 18.0 Å². The van der Waals surface area contributed by atoms with E-state index in [2.05, 4.69) is 18.6 Å². The number of nitrogens with zero attached hydrogens (tertiary/aromatic N) is 5. The van der Waals surface area contributed by atoms with Crippen LogP contribution in [0, 0.1) is 19.8 Å². The lowest BCUT2D eigenvalue weighted by atomic mass is 9.96. The molecule has 112 valence electrons. The minimum atomic E-state index is 0.0913. The normalized spacial score (nSPS) is 16.4. The topological polar surface area (TPSA) is 63.9 Å². The maximum absolute atomic E-state index is 12.2. The Kier molecular flexibility index (Phi) is 4.01. The Morgan fingerprint density at radius 2 is 2.10 bits per heavy atom. The van der Waals surface area contributed by atoms with Crippen molar-refractivity contribution in [3.8, 4) is 0 Å². The van der Waals surface area contributed by atoms with Crippen LogP contribution in [0.3, 0.4) is 0 Å². The smallest absolute Gasteiger partial charge is 0.256 e. The summed E-state index contributed by atoms with van der Waals surface area (Å²) in [5.41, 5.74) is 1.67. The van der Waals surface area contributed by atoms with E-state index >= 15 is 0 Å². The van der Waals surface area contributed by atoms with Crippen molar-refractivity contribution >= 4 is 17.5 Å². The molecule has 0 N–H and O–H groups in total. The lowest BCUT2D eigenvalue weighted by Gasteiger charge is -2.32. The van der Waals surface area contributed by atoms with E-state index in [-0.39, 0.29) is 5.56 Å². The summed E-state index contributed by atoms with van der Waals surface area (Å²) < 4.78 is 10.1. The van der Waals surface area contributed by atoms with Crippen LogP contribution in [0.1, 0.15) is 24.1 Å². The van der Waals surface area contributed by atoms with E-state index in [0.717, 1.165) is 49.6 Å². The van der Waals surface area contributed by atoms with Gasteiger partial charge in [0.1, 0.15) is 0 Å². The highest BCUT2D eigenvalue weighted by Gasteiger charge is 2.21. The first-order valence-corrected chi connectivity index (χ1v) is 7.93. The van der Waals surface area contributed by atoms with E-state index < -0.39 is 0 Å². The van der Waals surface area contributed by atoms with Gasteiger partial charge in [-0.15, -0.1) is 0 Å².